The molecule has 0 saturated carbocycles. The molecule has 3 rings (SSSR count). The number of amides is 1. The molecule has 1 heterocycles. The first kappa shape index (κ1) is 24.4. The van der Waals surface area contributed by atoms with Crippen LogP contribution in [0.2, 0.25) is 0 Å². The monoisotopic (exact) mass is 454 g/mol. The minimum atomic E-state index is -0.994. The first-order chi connectivity index (χ1) is 15.6. The quantitative estimate of drug-likeness (QED) is 0.269. The van der Waals surface area contributed by atoms with Crippen LogP contribution in [-0.4, -0.2) is 24.5 Å². The second-order valence-electron chi connectivity index (χ2n) is 8.74. The summed E-state index contributed by atoms with van der Waals surface area (Å²) in [5.74, 6) is -0.360. The predicted molar refractivity (Wildman–Crippen MR) is 128 cm³/mol. The molecule has 0 spiro atoms. The van der Waals surface area contributed by atoms with Crippen LogP contribution in [0.4, 0.5) is 8.78 Å². The summed E-state index contributed by atoms with van der Waals surface area (Å²) < 4.78 is 27.1. The molecule has 0 radical (unpaired) electrons. The van der Waals surface area contributed by atoms with Gasteiger partial charge in [-0.15, -0.1) is 0 Å². The zero-order valence-corrected chi connectivity index (χ0v) is 19.8. The number of amidine groups is 1. The van der Waals surface area contributed by atoms with Crippen molar-refractivity contribution in [3.63, 3.8) is 0 Å². The van der Waals surface area contributed by atoms with Crippen molar-refractivity contribution in [3.05, 3.63) is 81.6 Å². The normalized spacial score (nSPS) is 22.6. The molecule has 1 fully saturated rings. The molecule has 1 aliphatic carbocycles. The highest BCUT2D eigenvalue weighted by Crippen LogP contribution is 2.42. The molecule has 3 unspecified atom stereocenters. The van der Waals surface area contributed by atoms with Gasteiger partial charge in [0.2, 0.25) is 0 Å². The van der Waals surface area contributed by atoms with E-state index in [-0.39, 0.29) is 35.9 Å². The second kappa shape index (κ2) is 10.1. The van der Waals surface area contributed by atoms with Crippen LogP contribution in [0.5, 0.6) is 0 Å². The minimum absolute atomic E-state index is 0.0616. The van der Waals surface area contributed by atoms with E-state index in [9.17, 15) is 13.6 Å². The van der Waals surface area contributed by atoms with Crippen molar-refractivity contribution in [2.45, 2.75) is 53.1 Å². The largest absolute Gasteiger partial charge is 0.386 e. The summed E-state index contributed by atoms with van der Waals surface area (Å²) in [6, 6.07) is 4.82. The van der Waals surface area contributed by atoms with Gasteiger partial charge in [0.1, 0.15) is 17.8 Å². The van der Waals surface area contributed by atoms with E-state index in [2.05, 4.69) is 29.0 Å². The smallest absolute Gasteiger partial charge is 0.258 e. The van der Waals surface area contributed by atoms with E-state index in [1.54, 1.807) is 32.1 Å². The second-order valence-corrected chi connectivity index (χ2v) is 8.74. The number of carbonyl (C=O) groups excluding carboxylic acids is 1. The highest BCUT2D eigenvalue weighted by molar-refractivity contribution is 6.06. The van der Waals surface area contributed by atoms with E-state index in [0.717, 1.165) is 28.8 Å². The van der Waals surface area contributed by atoms with Gasteiger partial charge in [0.25, 0.3) is 5.91 Å². The Labute approximate surface area is 194 Å². The minimum Gasteiger partial charge on any atom is -0.386 e. The Morgan fingerprint density at radius 2 is 2.03 bits per heavy atom. The number of hydrogen-bond donors (Lipinski definition) is 4. The summed E-state index contributed by atoms with van der Waals surface area (Å²) in [7, 11) is 0. The number of carbonyl (C=O) groups is 1. The number of aryl methyl sites for hydroxylation is 1. The fourth-order valence-electron chi connectivity index (χ4n) is 4.34. The van der Waals surface area contributed by atoms with E-state index in [0.29, 0.717) is 17.0 Å². The lowest BCUT2D eigenvalue weighted by Crippen LogP contribution is -2.25. The molecule has 1 aliphatic heterocycles. The Bertz CT molecular complexity index is 1080. The predicted octanol–water partition coefficient (Wildman–Crippen LogP) is 4.89. The Morgan fingerprint density at radius 3 is 2.70 bits per heavy atom. The third kappa shape index (κ3) is 5.59. The summed E-state index contributed by atoms with van der Waals surface area (Å²) in [5, 5.41) is 17.0. The van der Waals surface area contributed by atoms with Crippen LogP contribution in [0.3, 0.4) is 0 Å². The third-order valence-electron chi connectivity index (χ3n) is 6.02. The standard InChI is InChI=1S/C26H32F2N4O/c1-6-18-10-23-22(12-21(18)20-11-19(28)8-7-14(20)2)25(26(33)32-23)17(5)31-24(29)9-16(4)30-13-15(3)27/h7-12,15,18,21,30H,6,13H2,1-5H3,(H2,29,31)(H,32,33)/b16-9-,25-17-. The number of allylic oxidation sites excluding steroid dienone is 5. The fourth-order valence-corrected chi connectivity index (χ4v) is 4.34. The highest BCUT2D eigenvalue weighted by atomic mass is 19.1. The summed E-state index contributed by atoms with van der Waals surface area (Å²) in [4.78, 5) is 12.8. The maximum atomic E-state index is 14.0. The summed E-state index contributed by atoms with van der Waals surface area (Å²) in [5.41, 5.74) is 5.09. The van der Waals surface area contributed by atoms with Crippen LogP contribution in [0.1, 0.15) is 51.2 Å². The fraction of sp³-hybridized carbons (Fsp3) is 0.385. The van der Waals surface area contributed by atoms with Gasteiger partial charge < -0.3 is 16.0 Å². The van der Waals surface area contributed by atoms with Gasteiger partial charge in [-0.1, -0.05) is 25.1 Å². The topological polar surface area (TPSA) is 77.0 Å². The molecule has 5 nitrogen and oxygen atoms in total. The van der Waals surface area contributed by atoms with Crippen molar-refractivity contribution >= 4 is 11.7 Å². The summed E-state index contributed by atoms with van der Waals surface area (Å²) in [6.07, 6.45) is 5.50. The van der Waals surface area contributed by atoms with Crippen LogP contribution in [0, 0.1) is 24.1 Å². The number of halogens is 2. The van der Waals surface area contributed by atoms with Gasteiger partial charge in [-0.05, 0) is 69.4 Å². The van der Waals surface area contributed by atoms with Gasteiger partial charge in [-0.2, -0.15) is 0 Å². The van der Waals surface area contributed by atoms with Crippen LogP contribution in [-0.2, 0) is 4.79 Å². The zero-order chi connectivity index (χ0) is 24.3. The molecule has 1 aromatic rings. The van der Waals surface area contributed by atoms with E-state index < -0.39 is 6.17 Å². The number of hydrogen-bond acceptors (Lipinski definition) is 3. The molecule has 33 heavy (non-hydrogen) atoms. The van der Waals surface area contributed by atoms with Crippen molar-refractivity contribution in [2.75, 3.05) is 6.54 Å². The van der Waals surface area contributed by atoms with Gasteiger partial charge in [-0.3, -0.25) is 10.2 Å². The molecule has 3 atom stereocenters. The molecule has 176 valence electrons. The van der Waals surface area contributed by atoms with E-state index in [1.165, 1.54) is 13.0 Å². The summed E-state index contributed by atoms with van der Waals surface area (Å²) >= 11 is 0. The molecular weight excluding hydrogens is 422 g/mol. The first-order valence-electron chi connectivity index (χ1n) is 11.2. The number of benzene rings is 1. The Balaban J connectivity index is 1.93. The van der Waals surface area contributed by atoms with Gasteiger partial charge in [0, 0.05) is 35.1 Å². The Morgan fingerprint density at radius 1 is 1.30 bits per heavy atom. The zero-order valence-electron chi connectivity index (χ0n) is 19.8. The van der Waals surface area contributed by atoms with Crippen molar-refractivity contribution in [1.29, 1.82) is 5.41 Å². The lowest BCUT2D eigenvalue weighted by molar-refractivity contribution is -0.115. The van der Waals surface area contributed by atoms with E-state index in [4.69, 9.17) is 5.41 Å². The SMILES string of the molecule is CCC1C=C2NC(=O)/C(=C(/C)NC(=N)/C=C(/C)NCC(C)F)C2=CC1c1cc(F)ccc1C. The average molecular weight is 455 g/mol. The molecule has 4 N–H and O–H groups in total. The van der Waals surface area contributed by atoms with Gasteiger partial charge in [0.15, 0.2) is 0 Å². The lowest BCUT2D eigenvalue weighted by Gasteiger charge is -2.28. The van der Waals surface area contributed by atoms with Crippen molar-refractivity contribution in [2.24, 2.45) is 5.92 Å². The average Bonchev–Trinajstić information content (AvgIpc) is 3.07. The molecule has 1 saturated heterocycles. The number of fused-ring (bicyclic) bond motifs is 1. The third-order valence-corrected chi connectivity index (χ3v) is 6.02. The van der Waals surface area contributed by atoms with Crippen LogP contribution in [0.25, 0.3) is 0 Å². The van der Waals surface area contributed by atoms with E-state index in [1.807, 2.05) is 13.0 Å². The van der Waals surface area contributed by atoms with Crippen molar-refractivity contribution < 1.29 is 13.6 Å². The number of nitrogens with one attached hydrogen (secondary N) is 4. The van der Waals surface area contributed by atoms with Gasteiger partial charge >= 0.3 is 0 Å². The number of alkyl halides is 1. The Hall–Kier alpha value is -3.22. The maximum absolute atomic E-state index is 14.0. The summed E-state index contributed by atoms with van der Waals surface area (Å²) in [6.45, 7) is 9.18. The molecule has 2 aliphatic rings. The van der Waals surface area contributed by atoms with Gasteiger partial charge in [-0.25, -0.2) is 8.78 Å². The van der Waals surface area contributed by atoms with Crippen LogP contribution >= 0.6 is 0 Å². The molecule has 7 heteroatoms. The first-order valence-corrected chi connectivity index (χ1v) is 11.2. The molecule has 0 aromatic heterocycles. The van der Waals surface area contributed by atoms with Crippen molar-refractivity contribution in [3.8, 4) is 0 Å². The lowest BCUT2D eigenvalue weighted by atomic mass is 9.76. The van der Waals surface area contributed by atoms with Gasteiger partial charge in [0.05, 0.1) is 5.57 Å². The highest BCUT2D eigenvalue weighted by Gasteiger charge is 2.35. The molecule has 0 bridgehead atoms. The van der Waals surface area contributed by atoms with Crippen LogP contribution in [0.15, 0.2) is 64.7 Å². The number of rotatable bonds is 7. The Kier molecular flexibility index (Phi) is 7.51. The van der Waals surface area contributed by atoms with Crippen molar-refractivity contribution in [1.82, 2.24) is 16.0 Å². The van der Waals surface area contributed by atoms with E-state index >= 15 is 0 Å². The molecule has 1 aromatic carbocycles. The molecule has 1 amide bonds. The molecular formula is C26H32F2N4O. The van der Waals surface area contributed by atoms with Crippen LogP contribution < -0.4 is 16.0 Å². The maximum Gasteiger partial charge on any atom is 0.258 e.